The van der Waals surface area contributed by atoms with Gasteiger partial charge < -0.3 is 9.47 Å². The summed E-state index contributed by atoms with van der Waals surface area (Å²) in [6.07, 6.45) is -0.0305. The average molecular weight is 408 g/mol. The fraction of sp³-hybridized carbons (Fsp3) is 0.227. The second-order valence-electron chi connectivity index (χ2n) is 6.86. The van der Waals surface area contributed by atoms with Crippen LogP contribution in [-0.4, -0.2) is 34.8 Å². The number of nitrogens with zero attached hydrogens (tertiary/aromatic N) is 2. The van der Waals surface area contributed by atoms with Crippen molar-refractivity contribution in [3.63, 3.8) is 0 Å². The highest BCUT2D eigenvalue weighted by molar-refractivity contribution is 5.98. The second kappa shape index (κ2) is 9.13. The minimum Gasteiger partial charge on any atom is -0.493 e. The number of hydrogen-bond donors (Lipinski definition) is 2. The fourth-order valence-corrected chi connectivity index (χ4v) is 2.83. The van der Waals surface area contributed by atoms with E-state index in [-0.39, 0.29) is 11.8 Å². The number of aromatic nitrogens is 2. The van der Waals surface area contributed by atoms with Crippen LogP contribution in [-0.2, 0) is 0 Å². The number of aryl methyl sites for hydroxylation is 1. The van der Waals surface area contributed by atoms with Gasteiger partial charge in [0.15, 0.2) is 17.2 Å². The minimum absolute atomic E-state index is 0.0305. The van der Waals surface area contributed by atoms with Crippen LogP contribution in [0.5, 0.6) is 11.5 Å². The number of carbonyl (C=O) groups is 2. The summed E-state index contributed by atoms with van der Waals surface area (Å²) in [6.45, 7) is 5.65. The minimum atomic E-state index is -0.521. The van der Waals surface area contributed by atoms with Crippen molar-refractivity contribution in [3.05, 3.63) is 71.5 Å². The zero-order valence-electron chi connectivity index (χ0n) is 17.3. The van der Waals surface area contributed by atoms with Crippen LogP contribution in [0.3, 0.4) is 0 Å². The van der Waals surface area contributed by atoms with E-state index in [0.29, 0.717) is 17.1 Å². The Morgan fingerprint density at radius 1 is 0.967 bits per heavy atom. The normalized spacial score (nSPS) is 10.6. The summed E-state index contributed by atoms with van der Waals surface area (Å²) < 4.78 is 12.6. The molecule has 3 rings (SSSR count). The molecule has 30 heavy (non-hydrogen) atoms. The van der Waals surface area contributed by atoms with Gasteiger partial charge in [-0.25, -0.2) is 4.68 Å². The lowest BCUT2D eigenvalue weighted by molar-refractivity contribution is 0.0843. The van der Waals surface area contributed by atoms with Gasteiger partial charge in [0.05, 0.1) is 18.9 Å². The molecular weight excluding hydrogens is 384 g/mol. The number of para-hydroxylation sites is 1. The largest absolute Gasteiger partial charge is 0.493 e. The molecule has 0 bridgehead atoms. The average Bonchev–Trinajstić information content (AvgIpc) is 3.14. The first-order valence-electron chi connectivity index (χ1n) is 9.46. The van der Waals surface area contributed by atoms with Gasteiger partial charge in [-0.05, 0) is 57.2 Å². The first-order chi connectivity index (χ1) is 14.4. The predicted molar refractivity (Wildman–Crippen MR) is 112 cm³/mol. The van der Waals surface area contributed by atoms with E-state index in [4.69, 9.17) is 9.47 Å². The number of carbonyl (C=O) groups excluding carboxylic acids is 2. The molecule has 0 aliphatic carbocycles. The molecule has 2 amide bonds. The molecule has 0 saturated carbocycles. The smallest absolute Gasteiger partial charge is 0.290 e. The van der Waals surface area contributed by atoms with Crippen molar-refractivity contribution in [1.29, 1.82) is 0 Å². The van der Waals surface area contributed by atoms with Gasteiger partial charge in [-0.3, -0.25) is 20.4 Å². The van der Waals surface area contributed by atoms with Crippen LogP contribution >= 0.6 is 0 Å². The maximum absolute atomic E-state index is 12.4. The number of benzene rings is 2. The Morgan fingerprint density at radius 3 is 2.33 bits per heavy atom. The molecule has 1 aromatic heterocycles. The van der Waals surface area contributed by atoms with Gasteiger partial charge >= 0.3 is 0 Å². The lowest BCUT2D eigenvalue weighted by Gasteiger charge is -2.14. The standard InChI is InChI=1S/C22H24N4O4/c1-14(2)30-19-11-10-16(13-20(19)29-4)21(27)23-24-22(28)18-12-15(3)26(25-18)17-8-6-5-7-9-17/h5-14H,1-4H3,(H,23,27)(H,24,28). The Hall–Kier alpha value is -3.81. The summed E-state index contributed by atoms with van der Waals surface area (Å²) in [6, 6.07) is 15.9. The van der Waals surface area contributed by atoms with Crippen LogP contribution in [0.2, 0.25) is 0 Å². The van der Waals surface area contributed by atoms with E-state index in [9.17, 15) is 9.59 Å². The predicted octanol–water partition coefficient (Wildman–Crippen LogP) is 3.05. The summed E-state index contributed by atoms with van der Waals surface area (Å²) >= 11 is 0. The monoisotopic (exact) mass is 408 g/mol. The van der Waals surface area contributed by atoms with Crippen molar-refractivity contribution in [2.24, 2.45) is 0 Å². The topological polar surface area (TPSA) is 94.5 Å². The van der Waals surface area contributed by atoms with E-state index in [1.807, 2.05) is 51.1 Å². The van der Waals surface area contributed by atoms with E-state index in [1.165, 1.54) is 7.11 Å². The van der Waals surface area contributed by atoms with Crippen molar-refractivity contribution in [2.45, 2.75) is 26.9 Å². The summed E-state index contributed by atoms with van der Waals surface area (Å²) in [4.78, 5) is 24.9. The maximum Gasteiger partial charge on any atom is 0.290 e. The number of hydrazine groups is 1. The van der Waals surface area contributed by atoms with E-state index >= 15 is 0 Å². The van der Waals surface area contributed by atoms with E-state index < -0.39 is 11.8 Å². The summed E-state index contributed by atoms with van der Waals surface area (Å²) in [5, 5.41) is 4.31. The Balaban J connectivity index is 1.67. The lowest BCUT2D eigenvalue weighted by Crippen LogP contribution is -2.41. The molecule has 156 valence electrons. The fourth-order valence-electron chi connectivity index (χ4n) is 2.83. The van der Waals surface area contributed by atoms with Crippen molar-refractivity contribution in [2.75, 3.05) is 7.11 Å². The first-order valence-corrected chi connectivity index (χ1v) is 9.46. The molecular formula is C22H24N4O4. The van der Waals surface area contributed by atoms with E-state index in [2.05, 4.69) is 16.0 Å². The summed E-state index contributed by atoms with van der Waals surface area (Å²) in [5.74, 6) is -0.0419. The molecule has 0 radical (unpaired) electrons. The van der Waals surface area contributed by atoms with Gasteiger partial charge in [0.2, 0.25) is 0 Å². The van der Waals surface area contributed by atoms with E-state index in [0.717, 1.165) is 11.4 Å². The molecule has 8 nitrogen and oxygen atoms in total. The molecule has 0 atom stereocenters. The van der Waals surface area contributed by atoms with Gasteiger partial charge in [-0.1, -0.05) is 18.2 Å². The third-order valence-electron chi connectivity index (χ3n) is 4.20. The number of rotatable bonds is 6. The van der Waals surface area contributed by atoms with Crippen molar-refractivity contribution >= 4 is 11.8 Å². The molecule has 0 fully saturated rings. The van der Waals surface area contributed by atoms with Gasteiger partial charge in [0.1, 0.15) is 0 Å². The molecule has 3 aromatic rings. The number of amides is 2. The molecule has 2 N–H and O–H groups in total. The number of nitrogens with one attached hydrogen (secondary N) is 2. The van der Waals surface area contributed by atoms with Crippen LogP contribution in [0.25, 0.3) is 5.69 Å². The molecule has 0 spiro atoms. The highest BCUT2D eigenvalue weighted by Gasteiger charge is 2.16. The van der Waals surface area contributed by atoms with Gasteiger partial charge in [0.25, 0.3) is 11.8 Å². The third kappa shape index (κ3) is 4.78. The van der Waals surface area contributed by atoms with Gasteiger partial charge in [-0.2, -0.15) is 5.10 Å². The Kier molecular flexibility index (Phi) is 6.36. The number of hydrogen-bond acceptors (Lipinski definition) is 5. The van der Waals surface area contributed by atoms with Crippen molar-refractivity contribution in [3.8, 4) is 17.2 Å². The Morgan fingerprint density at radius 2 is 1.67 bits per heavy atom. The van der Waals surface area contributed by atoms with Crippen LogP contribution < -0.4 is 20.3 Å². The van der Waals surface area contributed by atoms with Crippen LogP contribution in [0, 0.1) is 6.92 Å². The van der Waals surface area contributed by atoms with Crippen LogP contribution in [0.1, 0.15) is 40.4 Å². The Bertz CT molecular complexity index is 1040. The number of ether oxygens (including phenoxy) is 2. The zero-order valence-corrected chi connectivity index (χ0v) is 17.3. The second-order valence-corrected chi connectivity index (χ2v) is 6.86. The SMILES string of the molecule is COc1cc(C(=O)NNC(=O)c2cc(C)n(-c3ccccc3)n2)ccc1OC(C)C. The molecule has 0 aliphatic heterocycles. The highest BCUT2D eigenvalue weighted by Crippen LogP contribution is 2.28. The van der Waals surface area contributed by atoms with Gasteiger partial charge in [0, 0.05) is 11.3 Å². The highest BCUT2D eigenvalue weighted by atomic mass is 16.5. The first kappa shape index (κ1) is 20.9. The zero-order chi connectivity index (χ0) is 21.7. The number of methoxy groups -OCH3 is 1. The molecule has 8 heteroatoms. The maximum atomic E-state index is 12.4. The third-order valence-corrected chi connectivity index (χ3v) is 4.20. The summed E-state index contributed by atoms with van der Waals surface area (Å²) in [7, 11) is 1.50. The Labute approximate surface area is 174 Å². The molecule has 2 aromatic carbocycles. The molecule has 1 heterocycles. The quantitative estimate of drug-likeness (QED) is 0.612. The van der Waals surface area contributed by atoms with Crippen LogP contribution in [0.4, 0.5) is 0 Å². The van der Waals surface area contributed by atoms with Crippen molar-refractivity contribution < 1.29 is 19.1 Å². The van der Waals surface area contributed by atoms with Gasteiger partial charge in [-0.15, -0.1) is 0 Å². The molecule has 0 saturated heterocycles. The van der Waals surface area contributed by atoms with E-state index in [1.54, 1.807) is 28.9 Å². The summed E-state index contributed by atoms with van der Waals surface area (Å²) in [5.41, 5.74) is 6.92. The molecule has 0 unspecified atom stereocenters. The molecule has 0 aliphatic rings. The lowest BCUT2D eigenvalue weighted by atomic mass is 10.2. The van der Waals surface area contributed by atoms with Crippen LogP contribution in [0.15, 0.2) is 54.6 Å². The van der Waals surface area contributed by atoms with Crippen molar-refractivity contribution in [1.82, 2.24) is 20.6 Å².